The normalized spacial score (nSPS) is 11.6. The highest BCUT2D eigenvalue weighted by Crippen LogP contribution is 2.35. The van der Waals surface area contributed by atoms with Crippen molar-refractivity contribution in [3.63, 3.8) is 0 Å². The number of sulfone groups is 1. The summed E-state index contributed by atoms with van der Waals surface area (Å²) in [6.07, 6.45) is 0. The van der Waals surface area contributed by atoms with Crippen LogP contribution in [0.15, 0.2) is 97.9 Å². The fraction of sp³-hybridized carbons (Fsp3) is 0.0455. The molecule has 0 radical (unpaired) electrons. The van der Waals surface area contributed by atoms with E-state index in [1.165, 1.54) is 12.1 Å². The lowest BCUT2D eigenvalue weighted by Gasteiger charge is -2.13. The first-order valence-electron chi connectivity index (χ1n) is 8.41. The van der Waals surface area contributed by atoms with Crippen molar-refractivity contribution in [2.75, 3.05) is 0 Å². The first-order chi connectivity index (χ1) is 13.0. The van der Waals surface area contributed by atoms with E-state index in [0.717, 1.165) is 5.56 Å². The maximum absolute atomic E-state index is 13.3. The largest absolute Gasteiger partial charge is 0.422 e. The van der Waals surface area contributed by atoms with Gasteiger partial charge in [0.15, 0.2) is 4.90 Å². The fourth-order valence-corrected chi connectivity index (χ4v) is 4.61. The first kappa shape index (κ1) is 17.2. The average molecular weight is 376 g/mol. The lowest BCUT2D eigenvalue weighted by atomic mass is 10.0. The van der Waals surface area contributed by atoms with Gasteiger partial charge in [-0.15, -0.1) is 0 Å². The maximum atomic E-state index is 13.3. The van der Waals surface area contributed by atoms with Crippen LogP contribution in [-0.4, -0.2) is 8.42 Å². The molecular weight excluding hydrogens is 360 g/mol. The molecule has 0 saturated heterocycles. The van der Waals surface area contributed by atoms with Gasteiger partial charge in [0.25, 0.3) is 0 Å². The zero-order valence-corrected chi connectivity index (χ0v) is 15.4. The molecule has 4 aromatic rings. The fourth-order valence-electron chi connectivity index (χ4n) is 3.10. The zero-order valence-electron chi connectivity index (χ0n) is 14.5. The molecule has 0 unspecified atom stereocenters. The van der Waals surface area contributed by atoms with Crippen LogP contribution in [0.1, 0.15) is 5.56 Å². The summed E-state index contributed by atoms with van der Waals surface area (Å²) in [5, 5.41) is 0.579. The number of benzene rings is 3. The lowest BCUT2D eigenvalue weighted by Crippen LogP contribution is -2.16. The Morgan fingerprint density at radius 3 is 2.11 bits per heavy atom. The highest BCUT2D eigenvalue weighted by atomic mass is 32.2. The van der Waals surface area contributed by atoms with Crippen LogP contribution < -0.4 is 5.63 Å². The number of hydrogen-bond acceptors (Lipinski definition) is 4. The number of aryl methyl sites for hydroxylation is 1. The van der Waals surface area contributed by atoms with E-state index < -0.39 is 15.5 Å². The summed E-state index contributed by atoms with van der Waals surface area (Å²) in [6, 6.07) is 22.3. The molecule has 5 heteroatoms. The third-order valence-corrected chi connectivity index (χ3v) is 6.24. The number of hydrogen-bond donors (Lipinski definition) is 0. The average Bonchev–Trinajstić information content (AvgIpc) is 2.68. The van der Waals surface area contributed by atoms with Crippen LogP contribution in [0.2, 0.25) is 0 Å². The molecule has 0 aliphatic rings. The molecule has 0 amide bonds. The van der Waals surface area contributed by atoms with E-state index >= 15 is 0 Å². The quantitative estimate of drug-likeness (QED) is 0.490. The second-order valence-corrected chi connectivity index (χ2v) is 8.16. The van der Waals surface area contributed by atoms with E-state index in [1.54, 1.807) is 42.5 Å². The highest BCUT2D eigenvalue weighted by Gasteiger charge is 2.29. The van der Waals surface area contributed by atoms with E-state index in [9.17, 15) is 13.2 Å². The van der Waals surface area contributed by atoms with Crippen molar-refractivity contribution >= 4 is 20.8 Å². The molecule has 0 aliphatic carbocycles. The molecule has 4 rings (SSSR count). The molecule has 0 saturated carbocycles. The summed E-state index contributed by atoms with van der Waals surface area (Å²) >= 11 is 0. The summed E-state index contributed by atoms with van der Waals surface area (Å²) in [5.74, 6) is 0. The van der Waals surface area contributed by atoms with Crippen LogP contribution in [0.4, 0.5) is 0 Å². The van der Waals surface area contributed by atoms with Gasteiger partial charge in [-0.05, 0) is 30.7 Å². The highest BCUT2D eigenvalue weighted by molar-refractivity contribution is 7.91. The van der Waals surface area contributed by atoms with Crippen LogP contribution >= 0.6 is 0 Å². The maximum Gasteiger partial charge on any atom is 0.356 e. The number of rotatable bonds is 3. The van der Waals surface area contributed by atoms with Gasteiger partial charge in [-0.2, -0.15) is 0 Å². The summed E-state index contributed by atoms with van der Waals surface area (Å²) in [7, 11) is -4.06. The second-order valence-electron chi connectivity index (χ2n) is 6.27. The van der Waals surface area contributed by atoms with Crippen LogP contribution in [0.25, 0.3) is 22.1 Å². The molecule has 0 aliphatic heterocycles. The van der Waals surface area contributed by atoms with Crippen LogP contribution in [-0.2, 0) is 9.84 Å². The standard InChI is InChI=1S/C22H16O4S/c1-15-11-13-16(14-12-15)20-18-9-5-6-10-19(18)26-22(23)21(20)27(24,25)17-7-3-2-4-8-17/h2-14H,1H3. The Morgan fingerprint density at radius 1 is 0.778 bits per heavy atom. The van der Waals surface area contributed by atoms with Crippen molar-refractivity contribution in [2.24, 2.45) is 0 Å². The monoisotopic (exact) mass is 376 g/mol. The third kappa shape index (κ3) is 2.96. The van der Waals surface area contributed by atoms with Crippen LogP contribution in [0.5, 0.6) is 0 Å². The lowest BCUT2D eigenvalue weighted by molar-refractivity contribution is 0.533. The third-order valence-electron chi connectivity index (χ3n) is 4.43. The topological polar surface area (TPSA) is 64.3 Å². The van der Waals surface area contributed by atoms with Gasteiger partial charge in [0, 0.05) is 10.9 Å². The summed E-state index contributed by atoms with van der Waals surface area (Å²) in [4.78, 5) is 12.5. The Balaban J connectivity index is 2.15. The first-order valence-corrected chi connectivity index (χ1v) is 9.90. The van der Waals surface area contributed by atoms with E-state index in [0.29, 0.717) is 22.1 Å². The molecule has 3 aromatic carbocycles. The summed E-state index contributed by atoms with van der Waals surface area (Å²) in [5.41, 5.74) is 1.54. The number of para-hydroxylation sites is 1. The molecule has 134 valence electrons. The molecule has 0 atom stereocenters. The van der Waals surface area contributed by atoms with Gasteiger partial charge in [-0.3, -0.25) is 0 Å². The van der Waals surface area contributed by atoms with E-state index in [-0.39, 0.29) is 9.79 Å². The molecule has 4 nitrogen and oxygen atoms in total. The molecule has 27 heavy (non-hydrogen) atoms. The van der Waals surface area contributed by atoms with Crippen LogP contribution in [0.3, 0.4) is 0 Å². The minimum absolute atomic E-state index is 0.0564. The Bertz CT molecular complexity index is 1290. The summed E-state index contributed by atoms with van der Waals surface area (Å²) < 4.78 is 32.0. The van der Waals surface area contributed by atoms with Crippen molar-refractivity contribution in [2.45, 2.75) is 16.7 Å². The Hall–Kier alpha value is -3.18. The van der Waals surface area contributed by atoms with Crippen molar-refractivity contribution in [1.82, 2.24) is 0 Å². The Kier molecular flexibility index (Phi) is 4.16. The molecule has 0 fully saturated rings. The van der Waals surface area contributed by atoms with E-state index in [1.807, 2.05) is 31.2 Å². The molecule has 1 aromatic heterocycles. The predicted molar refractivity (Wildman–Crippen MR) is 105 cm³/mol. The van der Waals surface area contributed by atoms with E-state index in [4.69, 9.17) is 4.42 Å². The SMILES string of the molecule is Cc1ccc(-c2c(S(=O)(=O)c3ccccc3)c(=O)oc3ccccc23)cc1. The minimum Gasteiger partial charge on any atom is -0.422 e. The van der Waals surface area contributed by atoms with Crippen LogP contribution in [0, 0.1) is 6.92 Å². The molecule has 0 spiro atoms. The Labute approximate surface area is 156 Å². The van der Waals surface area contributed by atoms with Gasteiger partial charge in [-0.1, -0.05) is 66.2 Å². The molecule has 0 bridgehead atoms. The second kappa shape index (κ2) is 6.52. The van der Waals surface area contributed by atoms with Gasteiger partial charge in [0.1, 0.15) is 5.58 Å². The van der Waals surface area contributed by atoms with Crippen molar-refractivity contribution in [1.29, 1.82) is 0 Å². The van der Waals surface area contributed by atoms with Gasteiger partial charge in [-0.25, -0.2) is 13.2 Å². The Morgan fingerprint density at radius 2 is 1.41 bits per heavy atom. The van der Waals surface area contributed by atoms with Gasteiger partial charge < -0.3 is 4.42 Å². The van der Waals surface area contributed by atoms with Gasteiger partial charge in [0.2, 0.25) is 9.84 Å². The van der Waals surface area contributed by atoms with Gasteiger partial charge >= 0.3 is 5.63 Å². The molecule has 1 heterocycles. The molecular formula is C22H16O4S. The number of fused-ring (bicyclic) bond motifs is 1. The smallest absolute Gasteiger partial charge is 0.356 e. The van der Waals surface area contributed by atoms with Gasteiger partial charge in [0.05, 0.1) is 4.90 Å². The van der Waals surface area contributed by atoms with Crippen molar-refractivity contribution in [3.05, 3.63) is 94.8 Å². The minimum atomic E-state index is -4.06. The predicted octanol–water partition coefficient (Wildman–Crippen LogP) is 4.60. The summed E-state index contributed by atoms with van der Waals surface area (Å²) in [6.45, 7) is 1.95. The van der Waals surface area contributed by atoms with E-state index in [2.05, 4.69) is 0 Å². The zero-order chi connectivity index (χ0) is 19.0. The molecule has 0 N–H and O–H groups in total. The van der Waals surface area contributed by atoms with Crippen molar-refractivity contribution in [3.8, 4) is 11.1 Å². The van der Waals surface area contributed by atoms with Crippen molar-refractivity contribution < 1.29 is 12.8 Å².